The van der Waals surface area contributed by atoms with Gasteiger partial charge in [0.15, 0.2) is 0 Å². The van der Waals surface area contributed by atoms with Crippen LogP contribution in [0.2, 0.25) is 0 Å². The Hall–Kier alpha value is -0.940. The van der Waals surface area contributed by atoms with E-state index in [1.807, 2.05) is 0 Å². The van der Waals surface area contributed by atoms with E-state index in [9.17, 15) is 9.59 Å². The maximum atomic E-state index is 11.5. The van der Waals surface area contributed by atoms with E-state index in [0.29, 0.717) is 13.1 Å². The Kier molecular flexibility index (Phi) is 2.75. The first kappa shape index (κ1) is 10.6. The minimum Gasteiger partial charge on any atom is -0.362 e. The molecule has 0 aromatic carbocycles. The molecule has 0 spiro atoms. The van der Waals surface area contributed by atoms with Gasteiger partial charge in [-0.05, 0) is 31.2 Å². The summed E-state index contributed by atoms with van der Waals surface area (Å²) in [6, 6.07) is 0. The monoisotopic (exact) mass is 212 g/mol. The van der Waals surface area contributed by atoms with Gasteiger partial charge in [0.1, 0.15) is 13.2 Å². The highest BCUT2D eigenvalue weighted by atomic mass is 16.5. The molecule has 2 N–H and O–H groups in total. The molecule has 0 aromatic rings. The van der Waals surface area contributed by atoms with Crippen LogP contribution in [0.3, 0.4) is 0 Å². The smallest absolute Gasteiger partial charge is 0.255 e. The number of nitrogens with two attached hydrogens (primary N) is 1. The summed E-state index contributed by atoms with van der Waals surface area (Å²) in [5.41, 5.74) is 5.64. The first-order chi connectivity index (χ1) is 7.17. The first-order valence-electron chi connectivity index (χ1n) is 5.28. The first-order valence-corrected chi connectivity index (χ1v) is 5.28. The topological polar surface area (TPSA) is 72.6 Å². The summed E-state index contributed by atoms with van der Waals surface area (Å²) in [4.78, 5) is 24.3. The Morgan fingerprint density at radius 1 is 1.27 bits per heavy atom. The molecule has 2 rings (SSSR count). The number of hydrogen-bond donors (Lipinski definition) is 1. The van der Waals surface area contributed by atoms with E-state index in [0.717, 1.165) is 19.3 Å². The van der Waals surface area contributed by atoms with Crippen molar-refractivity contribution in [3.8, 4) is 0 Å². The molecule has 0 radical (unpaired) electrons. The number of carbonyl (C=O) groups excluding carboxylic acids is 2. The van der Waals surface area contributed by atoms with Crippen LogP contribution in [0, 0.1) is 5.41 Å². The number of nitrogens with zero attached hydrogens (tertiary/aromatic N) is 1. The summed E-state index contributed by atoms with van der Waals surface area (Å²) >= 11 is 0. The third-order valence-electron chi connectivity index (χ3n) is 3.18. The summed E-state index contributed by atoms with van der Waals surface area (Å²) in [5.74, 6) is -0.427. The van der Waals surface area contributed by atoms with Crippen molar-refractivity contribution in [1.82, 2.24) is 4.90 Å². The van der Waals surface area contributed by atoms with E-state index in [-0.39, 0.29) is 30.4 Å². The average Bonchev–Trinajstić information content (AvgIpc) is 2.93. The van der Waals surface area contributed by atoms with Gasteiger partial charge in [-0.2, -0.15) is 0 Å². The Morgan fingerprint density at radius 3 is 2.33 bits per heavy atom. The van der Waals surface area contributed by atoms with Gasteiger partial charge in [0.05, 0.1) is 0 Å². The van der Waals surface area contributed by atoms with Gasteiger partial charge in [0.2, 0.25) is 0 Å². The molecule has 2 fully saturated rings. The molecule has 84 valence electrons. The van der Waals surface area contributed by atoms with Crippen molar-refractivity contribution in [2.24, 2.45) is 11.1 Å². The third kappa shape index (κ3) is 2.18. The number of imide groups is 1. The fourth-order valence-corrected chi connectivity index (χ4v) is 2.00. The molecule has 2 amide bonds. The normalized spacial score (nSPS) is 24.5. The minimum absolute atomic E-state index is 0.0322. The molecule has 1 aliphatic carbocycles. The van der Waals surface area contributed by atoms with Crippen LogP contribution in [0.4, 0.5) is 0 Å². The quantitative estimate of drug-likeness (QED) is 0.638. The number of rotatable bonds is 4. The second-order valence-electron chi connectivity index (χ2n) is 4.41. The van der Waals surface area contributed by atoms with Crippen molar-refractivity contribution in [3.05, 3.63) is 0 Å². The molecule has 1 heterocycles. The van der Waals surface area contributed by atoms with Crippen LogP contribution >= 0.6 is 0 Å². The molecule has 0 atom stereocenters. The van der Waals surface area contributed by atoms with Crippen molar-refractivity contribution in [2.45, 2.75) is 19.3 Å². The van der Waals surface area contributed by atoms with Crippen molar-refractivity contribution >= 4 is 11.8 Å². The summed E-state index contributed by atoms with van der Waals surface area (Å²) in [7, 11) is 0. The van der Waals surface area contributed by atoms with Crippen molar-refractivity contribution in [3.63, 3.8) is 0 Å². The average molecular weight is 212 g/mol. The number of carbonyl (C=O) groups is 2. The highest BCUT2D eigenvalue weighted by Gasteiger charge is 2.45. The Labute approximate surface area is 88.5 Å². The molecule has 1 saturated carbocycles. The van der Waals surface area contributed by atoms with Gasteiger partial charge in [-0.15, -0.1) is 0 Å². The minimum atomic E-state index is -0.213. The van der Waals surface area contributed by atoms with Crippen LogP contribution in [0.25, 0.3) is 0 Å². The zero-order valence-electron chi connectivity index (χ0n) is 8.70. The molecule has 2 aliphatic rings. The predicted octanol–water partition coefficient (Wildman–Crippen LogP) is -0.499. The molecule has 15 heavy (non-hydrogen) atoms. The predicted molar refractivity (Wildman–Crippen MR) is 52.9 cm³/mol. The van der Waals surface area contributed by atoms with Crippen LogP contribution in [-0.4, -0.2) is 43.0 Å². The Morgan fingerprint density at radius 2 is 1.87 bits per heavy atom. The lowest BCUT2D eigenvalue weighted by Gasteiger charge is -2.28. The van der Waals surface area contributed by atoms with Gasteiger partial charge in [-0.3, -0.25) is 14.5 Å². The standard InChI is InChI=1S/C10H16N2O3/c11-4-3-10(1-2-10)7-12-8(13)5-15-6-9(12)14/h1-7,11H2. The van der Waals surface area contributed by atoms with E-state index >= 15 is 0 Å². The zero-order valence-corrected chi connectivity index (χ0v) is 8.70. The highest BCUT2D eigenvalue weighted by Crippen LogP contribution is 2.49. The second kappa shape index (κ2) is 3.90. The summed E-state index contributed by atoms with van der Waals surface area (Å²) in [5, 5.41) is 0. The molecule has 1 aliphatic heterocycles. The van der Waals surface area contributed by atoms with Gasteiger partial charge in [-0.25, -0.2) is 0 Å². The van der Waals surface area contributed by atoms with Crippen LogP contribution in [-0.2, 0) is 14.3 Å². The molecule has 1 saturated heterocycles. The second-order valence-corrected chi connectivity index (χ2v) is 4.41. The van der Waals surface area contributed by atoms with Gasteiger partial charge < -0.3 is 10.5 Å². The van der Waals surface area contributed by atoms with Gasteiger partial charge >= 0.3 is 0 Å². The molecular weight excluding hydrogens is 196 g/mol. The van der Waals surface area contributed by atoms with Crippen LogP contribution in [0.5, 0.6) is 0 Å². The van der Waals surface area contributed by atoms with Crippen molar-refractivity contribution in [2.75, 3.05) is 26.3 Å². The fraction of sp³-hybridized carbons (Fsp3) is 0.800. The number of amides is 2. The molecule has 5 heteroatoms. The van der Waals surface area contributed by atoms with E-state index < -0.39 is 0 Å². The number of hydrogen-bond acceptors (Lipinski definition) is 4. The maximum Gasteiger partial charge on any atom is 0.255 e. The lowest BCUT2D eigenvalue weighted by molar-refractivity contribution is -0.159. The Balaban J connectivity index is 1.97. The number of morpholine rings is 1. The van der Waals surface area contributed by atoms with E-state index in [1.165, 1.54) is 4.90 Å². The molecule has 0 unspecified atom stereocenters. The highest BCUT2D eigenvalue weighted by molar-refractivity contribution is 5.98. The van der Waals surface area contributed by atoms with Crippen LogP contribution in [0.1, 0.15) is 19.3 Å². The summed E-state index contributed by atoms with van der Waals surface area (Å²) in [6.45, 7) is 1.22. The van der Waals surface area contributed by atoms with Crippen LogP contribution < -0.4 is 5.73 Å². The summed E-state index contributed by atoms with van der Waals surface area (Å²) < 4.78 is 4.85. The zero-order chi connectivity index (χ0) is 10.9. The Bertz CT molecular complexity index is 270. The van der Waals surface area contributed by atoms with Gasteiger partial charge in [0.25, 0.3) is 11.8 Å². The number of ether oxygens (including phenoxy) is 1. The van der Waals surface area contributed by atoms with E-state index in [1.54, 1.807) is 0 Å². The maximum absolute atomic E-state index is 11.5. The van der Waals surface area contributed by atoms with E-state index in [4.69, 9.17) is 10.5 Å². The lowest BCUT2D eigenvalue weighted by Crippen LogP contribution is -2.48. The fourth-order valence-electron chi connectivity index (χ4n) is 2.00. The van der Waals surface area contributed by atoms with Gasteiger partial charge in [-0.1, -0.05) is 0 Å². The van der Waals surface area contributed by atoms with Gasteiger partial charge in [0, 0.05) is 6.54 Å². The van der Waals surface area contributed by atoms with E-state index in [2.05, 4.69) is 0 Å². The largest absolute Gasteiger partial charge is 0.362 e. The van der Waals surface area contributed by atoms with Crippen molar-refractivity contribution in [1.29, 1.82) is 0 Å². The van der Waals surface area contributed by atoms with Crippen molar-refractivity contribution < 1.29 is 14.3 Å². The molecule has 0 aromatic heterocycles. The molecule has 0 bridgehead atoms. The third-order valence-corrected chi connectivity index (χ3v) is 3.18. The molecule has 5 nitrogen and oxygen atoms in total. The molecular formula is C10H16N2O3. The SMILES string of the molecule is NCCC1(CN2C(=O)COCC2=O)CC1. The van der Waals surface area contributed by atoms with Crippen LogP contribution in [0.15, 0.2) is 0 Å². The lowest BCUT2D eigenvalue weighted by atomic mass is 10.0. The summed E-state index contributed by atoms with van der Waals surface area (Å²) in [6.07, 6.45) is 3.04.